The van der Waals surface area contributed by atoms with Crippen molar-refractivity contribution in [2.45, 2.75) is 30.7 Å². The Kier molecular flexibility index (Phi) is 3.62. The van der Waals surface area contributed by atoms with Crippen LogP contribution in [-0.2, 0) is 9.53 Å². The van der Waals surface area contributed by atoms with Gasteiger partial charge in [0.05, 0.1) is 17.2 Å². The van der Waals surface area contributed by atoms with Crippen molar-refractivity contribution in [3.63, 3.8) is 0 Å². The lowest BCUT2D eigenvalue weighted by Crippen LogP contribution is -2.25. The number of benzene rings is 1. The third-order valence-electron chi connectivity index (χ3n) is 3.49. The number of rotatable bonds is 3. The molecular formula is C14H16ClNO3. The number of carbonyl (C=O) groups excluding carboxylic acids is 1. The molecule has 2 unspecified atom stereocenters. The average Bonchev–Trinajstić information content (AvgIpc) is 2.90. The summed E-state index contributed by atoms with van der Waals surface area (Å²) in [4.78, 5) is 11.3. The van der Waals surface area contributed by atoms with Crippen molar-refractivity contribution in [2.24, 2.45) is 0 Å². The second-order valence-corrected chi connectivity index (χ2v) is 5.46. The quantitative estimate of drug-likeness (QED) is 0.867. The molecular weight excluding hydrogens is 266 g/mol. The van der Waals surface area contributed by atoms with Gasteiger partial charge in [0, 0.05) is 6.61 Å². The van der Waals surface area contributed by atoms with E-state index in [4.69, 9.17) is 21.1 Å². The van der Waals surface area contributed by atoms with Crippen LogP contribution in [0.2, 0.25) is 0 Å². The maximum absolute atomic E-state index is 11.3. The van der Waals surface area contributed by atoms with Gasteiger partial charge in [0.1, 0.15) is 5.75 Å². The highest BCUT2D eigenvalue weighted by atomic mass is 35.5. The minimum absolute atomic E-state index is 0.0760. The normalized spacial score (nSPS) is 23.4. The summed E-state index contributed by atoms with van der Waals surface area (Å²) in [5.74, 6) is 0.569. The molecule has 4 nitrogen and oxygen atoms in total. The van der Waals surface area contributed by atoms with Crippen molar-refractivity contribution in [2.75, 3.05) is 18.5 Å². The molecule has 0 radical (unpaired) electrons. The van der Waals surface area contributed by atoms with Gasteiger partial charge in [-0.1, -0.05) is 6.07 Å². The number of fused-ring (bicyclic) bond motifs is 1. The number of alkyl halides is 1. The zero-order valence-corrected chi connectivity index (χ0v) is 11.3. The molecule has 1 N–H and O–H groups in total. The van der Waals surface area contributed by atoms with Gasteiger partial charge in [-0.2, -0.15) is 0 Å². The van der Waals surface area contributed by atoms with Crippen molar-refractivity contribution in [1.82, 2.24) is 0 Å². The summed E-state index contributed by atoms with van der Waals surface area (Å²) in [7, 11) is 0. The van der Waals surface area contributed by atoms with Crippen LogP contribution in [0.4, 0.5) is 5.69 Å². The third-order valence-corrected chi connectivity index (χ3v) is 3.92. The molecule has 102 valence electrons. The molecule has 1 saturated heterocycles. The molecule has 5 heteroatoms. The Morgan fingerprint density at radius 2 is 2.37 bits per heavy atom. The van der Waals surface area contributed by atoms with Crippen molar-refractivity contribution in [1.29, 1.82) is 0 Å². The second-order valence-electron chi connectivity index (χ2n) is 4.93. The highest BCUT2D eigenvalue weighted by molar-refractivity contribution is 6.20. The van der Waals surface area contributed by atoms with Crippen molar-refractivity contribution in [3.05, 3.63) is 23.8 Å². The van der Waals surface area contributed by atoms with E-state index in [2.05, 4.69) is 5.32 Å². The summed E-state index contributed by atoms with van der Waals surface area (Å²) in [6.07, 6.45) is 3.25. The minimum atomic E-state index is -0.130. The average molecular weight is 282 g/mol. The molecule has 19 heavy (non-hydrogen) atoms. The first kappa shape index (κ1) is 12.8. The predicted molar refractivity (Wildman–Crippen MR) is 72.8 cm³/mol. The molecule has 2 heterocycles. The zero-order valence-electron chi connectivity index (χ0n) is 10.5. The van der Waals surface area contributed by atoms with Crippen molar-refractivity contribution in [3.8, 4) is 5.75 Å². The van der Waals surface area contributed by atoms with E-state index in [-0.39, 0.29) is 24.0 Å². The SMILES string of the molecule is O=C1COc2ccc(C(Cl)CC3CCCO3)cc2N1. The number of amides is 1. The van der Waals surface area contributed by atoms with E-state index < -0.39 is 0 Å². The lowest BCUT2D eigenvalue weighted by Gasteiger charge is -2.20. The Balaban J connectivity index is 1.73. The largest absolute Gasteiger partial charge is 0.482 e. The Morgan fingerprint density at radius 1 is 1.47 bits per heavy atom. The van der Waals surface area contributed by atoms with Crippen LogP contribution in [0.1, 0.15) is 30.2 Å². The minimum Gasteiger partial charge on any atom is -0.482 e. The first-order valence-corrected chi connectivity index (χ1v) is 6.98. The molecule has 0 aliphatic carbocycles. The number of nitrogens with one attached hydrogen (secondary N) is 1. The zero-order chi connectivity index (χ0) is 13.2. The Hall–Kier alpha value is -1.26. The maximum atomic E-state index is 11.3. The number of anilines is 1. The van der Waals surface area contributed by atoms with Gasteiger partial charge in [0.15, 0.2) is 6.61 Å². The molecule has 0 spiro atoms. The summed E-state index contributed by atoms with van der Waals surface area (Å²) in [6.45, 7) is 0.912. The molecule has 0 aromatic heterocycles. The summed E-state index contributed by atoms with van der Waals surface area (Å²) in [5.41, 5.74) is 1.69. The van der Waals surface area contributed by atoms with Crippen molar-refractivity contribution >= 4 is 23.2 Å². The lowest BCUT2D eigenvalue weighted by atomic mass is 10.0. The topological polar surface area (TPSA) is 47.6 Å². The van der Waals surface area contributed by atoms with E-state index in [1.807, 2.05) is 18.2 Å². The van der Waals surface area contributed by atoms with Gasteiger partial charge < -0.3 is 14.8 Å². The molecule has 2 aliphatic rings. The van der Waals surface area contributed by atoms with Gasteiger partial charge in [-0.05, 0) is 37.0 Å². The van der Waals surface area contributed by atoms with E-state index in [0.717, 1.165) is 31.4 Å². The van der Waals surface area contributed by atoms with Gasteiger partial charge in [-0.25, -0.2) is 0 Å². The summed E-state index contributed by atoms with van der Waals surface area (Å²) >= 11 is 6.43. The maximum Gasteiger partial charge on any atom is 0.262 e. The number of halogens is 1. The number of carbonyl (C=O) groups is 1. The first-order valence-electron chi connectivity index (χ1n) is 6.54. The standard InChI is InChI=1S/C14H16ClNO3/c15-11(7-10-2-1-5-18-10)9-3-4-13-12(6-9)16-14(17)8-19-13/h3-4,6,10-11H,1-2,5,7-8H2,(H,16,17). The van der Waals surface area contributed by atoms with E-state index in [0.29, 0.717) is 11.4 Å². The molecule has 3 rings (SSSR count). The Morgan fingerprint density at radius 3 is 3.16 bits per heavy atom. The highest BCUT2D eigenvalue weighted by Gasteiger charge is 2.22. The van der Waals surface area contributed by atoms with Crippen molar-refractivity contribution < 1.29 is 14.3 Å². The Labute approximate surface area is 117 Å². The lowest BCUT2D eigenvalue weighted by molar-refractivity contribution is -0.118. The summed E-state index contributed by atoms with van der Waals surface area (Å²) in [6, 6.07) is 5.69. The van der Waals surface area contributed by atoms with Crippen LogP contribution in [0.15, 0.2) is 18.2 Å². The Bertz CT molecular complexity index is 486. The van der Waals surface area contributed by atoms with E-state index in [1.54, 1.807) is 0 Å². The molecule has 1 amide bonds. The summed E-state index contributed by atoms with van der Waals surface area (Å²) < 4.78 is 10.9. The molecule has 2 atom stereocenters. The first-order chi connectivity index (χ1) is 9.22. The number of hydrogen-bond acceptors (Lipinski definition) is 3. The molecule has 1 aromatic carbocycles. The monoisotopic (exact) mass is 281 g/mol. The van der Waals surface area contributed by atoms with Crippen LogP contribution < -0.4 is 10.1 Å². The predicted octanol–water partition coefficient (Wildman–Crippen LogP) is 2.87. The van der Waals surface area contributed by atoms with Gasteiger partial charge in [-0.15, -0.1) is 11.6 Å². The second kappa shape index (κ2) is 5.39. The van der Waals surface area contributed by atoms with Crippen LogP contribution in [0.25, 0.3) is 0 Å². The van der Waals surface area contributed by atoms with Gasteiger partial charge in [0.2, 0.25) is 0 Å². The molecule has 1 aromatic rings. The molecule has 0 saturated carbocycles. The molecule has 2 aliphatic heterocycles. The van der Waals surface area contributed by atoms with E-state index in [9.17, 15) is 4.79 Å². The number of ether oxygens (including phenoxy) is 2. The fourth-order valence-electron chi connectivity index (χ4n) is 2.49. The molecule has 0 bridgehead atoms. The van der Waals surface area contributed by atoms with Crippen LogP contribution in [0, 0.1) is 0 Å². The highest BCUT2D eigenvalue weighted by Crippen LogP contribution is 2.35. The fourth-order valence-corrected chi connectivity index (χ4v) is 2.83. The van der Waals surface area contributed by atoms with Gasteiger partial charge in [0.25, 0.3) is 5.91 Å². The van der Waals surface area contributed by atoms with Crippen LogP contribution >= 0.6 is 11.6 Å². The van der Waals surface area contributed by atoms with Gasteiger partial charge in [-0.3, -0.25) is 4.79 Å². The third kappa shape index (κ3) is 2.85. The van der Waals surface area contributed by atoms with E-state index >= 15 is 0 Å². The fraction of sp³-hybridized carbons (Fsp3) is 0.500. The molecule has 1 fully saturated rings. The van der Waals surface area contributed by atoms with Crippen LogP contribution in [0.3, 0.4) is 0 Å². The van der Waals surface area contributed by atoms with E-state index in [1.165, 1.54) is 0 Å². The summed E-state index contributed by atoms with van der Waals surface area (Å²) in [5, 5.41) is 2.69. The van der Waals surface area contributed by atoms with Crippen LogP contribution in [-0.4, -0.2) is 25.2 Å². The number of hydrogen-bond donors (Lipinski definition) is 1. The smallest absolute Gasteiger partial charge is 0.262 e. The van der Waals surface area contributed by atoms with Crippen LogP contribution in [0.5, 0.6) is 5.75 Å². The van der Waals surface area contributed by atoms with Gasteiger partial charge >= 0.3 is 0 Å².